The number of hydrogen-bond donors (Lipinski definition) is 1. The van der Waals surface area contributed by atoms with E-state index < -0.39 is 0 Å². The van der Waals surface area contributed by atoms with Crippen LogP contribution in [-0.2, 0) is 0 Å². The van der Waals surface area contributed by atoms with Crippen molar-refractivity contribution >= 4 is 28.2 Å². The molecule has 0 aliphatic heterocycles. The van der Waals surface area contributed by atoms with Crippen LogP contribution in [0.3, 0.4) is 0 Å². The van der Waals surface area contributed by atoms with Gasteiger partial charge in [-0.2, -0.15) is 0 Å². The van der Waals surface area contributed by atoms with Crippen LogP contribution in [0, 0.1) is 0 Å². The van der Waals surface area contributed by atoms with Gasteiger partial charge in [-0.15, -0.1) is 0 Å². The van der Waals surface area contributed by atoms with Crippen molar-refractivity contribution in [2.45, 2.75) is 0 Å². The fourth-order valence-electron chi connectivity index (χ4n) is 2.31. The second kappa shape index (κ2) is 5.25. The first-order valence-electron chi connectivity index (χ1n) is 6.64. The molecule has 3 aromatic rings. The van der Waals surface area contributed by atoms with Crippen LogP contribution in [0.5, 0.6) is 0 Å². The van der Waals surface area contributed by atoms with E-state index in [0.29, 0.717) is 11.3 Å². The quantitative estimate of drug-likeness (QED) is 0.732. The van der Waals surface area contributed by atoms with Crippen molar-refractivity contribution in [3.63, 3.8) is 0 Å². The Kier molecular flexibility index (Phi) is 3.28. The van der Waals surface area contributed by atoms with Crippen molar-refractivity contribution in [1.82, 2.24) is 4.98 Å². The van der Waals surface area contributed by atoms with Crippen LogP contribution in [0.15, 0.2) is 60.8 Å². The minimum atomic E-state index is -0.0841. The summed E-state index contributed by atoms with van der Waals surface area (Å²) in [6, 6.07) is 16.6. The van der Waals surface area contributed by atoms with Gasteiger partial charge in [0.15, 0.2) is 0 Å². The van der Waals surface area contributed by atoms with Crippen LogP contribution in [0.1, 0.15) is 10.4 Å². The molecule has 21 heavy (non-hydrogen) atoms. The van der Waals surface area contributed by atoms with E-state index in [9.17, 15) is 4.79 Å². The van der Waals surface area contributed by atoms with Crippen molar-refractivity contribution in [3.8, 4) is 0 Å². The third kappa shape index (κ3) is 2.43. The number of nitrogen functional groups attached to an aromatic ring is 1. The fraction of sp³-hybridized carbons (Fsp3) is 0.0588. The van der Waals surface area contributed by atoms with E-state index in [1.165, 1.54) is 0 Å². The highest BCUT2D eigenvalue weighted by molar-refractivity contribution is 6.13. The van der Waals surface area contributed by atoms with Gasteiger partial charge in [0.2, 0.25) is 0 Å². The number of hydrogen-bond acceptors (Lipinski definition) is 3. The molecule has 0 spiro atoms. The van der Waals surface area contributed by atoms with E-state index >= 15 is 0 Å². The van der Waals surface area contributed by atoms with Crippen LogP contribution in [0.2, 0.25) is 0 Å². The van der Waals surface area contributed by atoms with Crippen LogP contribution >= 0.6 is 0 Å². The van der Waals surface area contributed by atoms with Crippen molar-refractivity contribution in [3.05, 3.63) is 66.4 Å². The zero-order valence-electron chi connectivity index (χ0n) is 11.7. The summed E-state index contributed by atoms with van der Waals surface area (Å²) < 4.78 is 0. The van der Waals surface area contributed by atoms with Crippen molar-refractivity contribution in [2.24, 2.45) is 0 Å². The van der Waals surface area contributed by atoms with E-state index in [-0.39, 0.29) is 5.91 Å². The molecule has 0 unspecified atom stereocenters. The number of rotatable bonds is 2. The molecule has 1 aromatic heterocycles. The maximum atomic E-state index is 12.7. The summed E-state index contributed by atoms with van der Waals surface area (Å²) in [6.45, 7) is 0. The molecule has 2 aromatic carbocycles. The second-order valence-corrected chi connectivity index (χ2v) is 4.83. The lowest BCUT2D eigenvalue weighted by Gasteiger charge is -2.18. The lowest BCUT2D eigenvalue weighted by atomic mass is 10.1. The minimum Gasteiger partial charge on any atom is -0.399 e. The van der Waals surface area contributed by atoms with E-state index in [4.69, 9.17) is 5.73 Å². The molecule has 0 bridgehead atoms. The Morgan fingerprint density at radius 1 is 1.10 bits per heavy atom. The molecule has 0 fully saturated rings. The summed E-state index contributed by atoms with van der Waals surface area (Å²) in [6.07, 6.45) is 1.66. The Balaban J connectivity index is 2.04. The van der Waals surface area contributed by atoms with Gasteiger partial charge >= 0.3 is 0 Å². The number of amides is 1. The molecule has 0 aliphatic rings. The summed E-state index contributed by atoms with van der Waals surface area (Å²) in [4.78, 5) is 18.6. The Labute approximate surface area is 122 Å². The molecule has 4 heteroatoms. The number of aromatic nitrogens is 1. The summed E-state index contributed by atoms with van der Waals surface area (Å²) in [5.41, 5.74) is 8.61. The van der Waals surface area contributed by atoms with Gasteiger partial charge < -0.3 is 10.6 Å². The molecule has 4 nitrogen and oxygen atoms in total. The molecule has 0 aliphatic carbocycles. The number of anilines is 2. The van der Waals surface area contributed by atoms with Gasteiger partial charge in [0, 0.05) is 30.0 Å². The highest BCUT2D eigenvalue weighted by Crippen LogP contribution is 2.22. The molecule has 1 heterocycles. The Hall–Kier alpha value is -2.88. The lowest BCUT2D eigenvalue weighted by molar-refractivity contribution is 0.0994. The van der Waals surface area contributed by atoms with Crippen LogP contribution < -0.4 is 10.6 Å². The largest absolute Gasteiger partial charge is 0.399 e. The van der Waals surface area contributed by atoms with Gasteiger partial charge in [0.1, 0.15) is 0 Å². The van der Waals surface area contributed by atoms with E-state index in [2.05, 4.69) is 4.98 Å². The molecule has 0 saturated heterocycles. The SMILES string of the molecule is CN(C(=O)c1ccnc2ccccc12)c1cccc(N)c1. The molecule has 2 N–H and O–H groups in total. The maximum absolute atomic E-state index is 12.7. The summed E-state index contributed by atoms with van der Waals surface area (Å²) in [5, 5.41) is 0.848. The van der Waals surface area contributed by atoms with Crippen molar-refractivity contribution in [1.29, 1.82) is 0 Å². The molecule has 0 radical (unpaired) electrons. The van der Waals surface area contributed by atoms with Crippen LogP contribution in [-0.4, -0.2) is 17.9 Å². The smallest absolute Gasteiger partial charge is 0.258 e. The van der Waals surface area contributed by atoms with Gasteiger partial charge in [-0.05, 0) is 30.3 Å². The summed E-state index contributed by atoms with van der Waals surface area (Å²) in [5.74, 6) is -0.0841. The Bertz CT molecular complexity index is 808. The summed E-state index contributed by atoms with van der Waals surface area (Å²) in [7, 11) is 1.74. The number of para-hydroxylation sites is 1. The second-order valence-electron chi connectivity index (χ2n) is 4.83. The molecule has 104 valence electrons. The number of pyridine rings is 1. The van der Waals surface area contributed by atoms with Crippen LogP contribution in [0.4, 0.5) is 11.4 Å². The van der Waals surface area contributed by atoms with E-state index in [1.54, 1.807) is 36.3 Å². The molecule has 3 rings (SSSR count). The number of carbonyl (C=O) groups is 1. The predicted octanol–water partition coefficient (Wildman–Crippen LogP) is 3.09. The van der Waals surface area contributed by atoms with Gasteiger partial charge in [0.25, 0.3) is 5.91 Å². The van der Waals surface area contributed by atoms with Crippen molar-refractivity contribution < 1.29 is 4.79 Å². The Morgan fingerprint density at radius 2 is 1.90 bits per heavy atom. The molecule has 0 saturated carbocycles. The topological polar surface area (TPSA) is 59.2 Å². The lowest BCUT2D eigenvalue weighted by Crippen LogP contribution is -2.26. The third-order valence-corrected chi connectivity index (χ3v) is 3.44. The van der Waals surface area contributed by atoms with E-state index in [0.717, 1.165) is 16.6 Å². The van der Waals surface area contributed by atoms with Crippen LogP contribution in [0.25, 0.3) is 10.9 Å². The first-order chi connectivity index (χ1) is 10.2. The average Bonchev–Trinajstić information content (AvgIpc) is 2.53. The number of nitrogens with zero attached hydrogens (tertiary/aromatic N) is 2. The van der Waals surface area contributed by atoms with E-state index in [1.807, 2.05) is 36.4 Å². The molecular formula is C17H15N3O. The van der Waals surface area contributed by atoms with Gasteiger partial charge in [-0.25, -0.2) is 0 Å². The normalized spacial score (nSPS) is 10.5. The monoisotopic (exact) mass is 277 g/mol. The maximum Gasteiger partial charge on any atom is 0.258 e. The molecule has 0 atom stereocenters. The first-order valence-corrected chi connectivity index (χ1v) is 6.64. The highest BCUT2D eigenvalue weighted by Gasteiger charge is 2.16. The predicted molar refractivity (Wildman–Crippen MR) is 85.3 cm³/mol. The number of nitrogens with two attached hydrogens (primary N) is 1. The average molecular weight is 277 g/mol. The van der Waals surface area contributed by atoms with Gasteiger partial charge in [-0.1, -0.05) is 24.3 Å². The Morgan fingerprint density at radius 3 is 2.71 bits per heavy atom. The number of benzene rings is 2. The molecule has 1 amide bonds. The zero-order chi connectivity index (χ0) is 14.8. The highest BCUT2D eigenvalue weighted by atomic mass is 16.2. The molecular weight excluding hydrogens is 262 g/mol. The third-order valence-electron chi connectivity index (χ3n) is 3.44. The van der Waals surface area contributed by atoms with Gasteiger partial charge in [0.05, 0.1) is 11.1 Å². The number of fused-ring (bicyclic) bond motifs is 1. The van der Waals surface area contributed by atoms with Crippen molar-refractivity contribution in [2.75, 3.05) is 17.7 Å². The fourth-order valence-corrected chi connectivity index (χ4v) is 2.31. The first kappa shape index (κ1) is 13.1. The minimum absolute atomic E-state index is 0.0841. The zero-order valence-corrected chi connectivity index (χ0v) is 11.7. The summed E-state index contributed by atoms with van der Waals surface area (Å²) >= 11 is 0. The standard InChI is InChI=1S/C17H15N3O/c1-20(13-6-4-5-12(18)11-13)17(21)15-9-10-19-16-8-3-2-7-14(15)16/h2-11H,18H2,1H3. The van der Waals surface area contributed by atoms with Gasteiger partial charge in [-0.3, -0.25) is 9.78 Å². The number of carbonyl (C=O) groups excluding carboxylic acids is 1.